The highest BCUT2D eigenvalue weighted by Crippen LogP contribution is 1.96. The molecule has 1 rings (SSSR count). The van der Waals surface area contributed by atoms with Crippen molar-refractivity contribution < 1.29 is 0 Å². The summed E-state index contributed by atoms with van der Waals surface area (Å²) in [7, 11) is 1.35. The minimum absolute atomic E-state index is 0.00287. The molecule has 0 aliphatic carbocycles. The molecule has 6 heteroatoms. The van der Waals surface area contributed by atoms with Gasteiger partial charge in [0.15, 0.2) is 0 Å². The van der Waals surface area contributed by atoms with Crippen LogP contribution in [0, 0.1) is 6.92 Å². The fourth-order valence-corrected chi connectivity index (χ4v) is 0.893. The van der Waals surface area contributed by atoms with Gasteiger partial charge in [0.25, 0.3) is 5.56 Å². The van der Waals surface area contributed by atoms with Gasteiger partial charge in [-0.2, -0.15) is 4.68 Å². The summed E-state index contributed by atoms with van der Waals surface area (Å²) in [5.41, 5.74) is 4.61. The van der Waals surface area contributed by atoms with Gasteiger partial charge in [-0.25, -0.2) is 4.79 Å². The zero-order valence-electron chi connectivity index (χ0n) is 6.87. The molecule has 0 aromatic carbocycles. The molecular formula is C6H10N4O2. The molecular weight excluding hydrogens is 160 g/mol. The predicted molar refractivity (Wildman–Crippen MR) is 45.2 cm³/mol. The van der Waals surface area contributed by atoms with Gasteiger partial charge in [-0.3, -0.25) is 9.36 Å². The first kappa shape index (κ1) is 8.38. The Labute approximate surface area is 68.0 Å². The topological polar surface area (TPSA) is 96.0 Å². The smallest absolute Gasteiger partial charge is 0.350 e. The van der Waals surface area contributed by atoms with Crippen LogP contribution in [-0.2, 0) is 7.05 Å². The Balaban J connectivity index is 3.86. The minimum atomic E-state index is -0.622. The quantitative estimate of drug-likeness (QED) is 0.447. The summed E-state index contributed by atoms with van der Waals surface area (Å²) in [5.74, 6) is 5.27. The van der Waals surface area contributed by atoms with Gasteiger partial charge < -0.3 is 11.6 Å². The van der Waals surface area contributed by atoms with E-state index in [9.17, 15) is 9.59 Å². The summed E-state index contributed by atoms with van der Waals surface area (Å²) < 4.78 is 1.66. The lowest BCUT2D eigenvalue weighted by atomic mass is 10.3. The van der Waals surface area contributed by atoms with Crippen molar-refractivity contribution in [2.45, 2.75) is 6.92 Å². The van der Waals surface area contributed by atoms with Gasteiger partial charge in [-0.05, 0) is 6.92 Å². The lowest BCUT2D eigenvalue weighted by molar-refractivity contribution is 0.709. The molecule has 0 saturated carbocycles. The van der Waals surface area contributed by atoms with E-state index in [0.29, 0.717) is 0 Å². The van der Waals surface area contributed by atoms with Gasteiger partial charge in [0.2, 0.25) is 0 Å². The molecule has 0 bridgehead atoms. The van der Waals surface area contributed by atoms with Crippen molar-refractivity contribution in [3.05, 3.63) is 26.4 Å². The van der Waals surface area contributed by atoms with E-state index in [1.54, 1.807) is 0 Å². The highest BCUT2D eigenvalue weighted by atomic mass is 16.2. The second-order valence-corrected chi connectivity index (χ2v) is 2.53. The van der Waals surface area contributed by atoms with Crippen molar-refractivity contribution >= 4 is 5.82 Å². The summed E-state index contributed by atoms with van der Waals surface area (Å²) in [4.78, 5) is 22.3. The Morgan fingerprint density at radius 3 is 2.33 bits per heavy atom. The van der Waals surface area contributed by atoms with Crippen LogP contribution >= 0.6 is 0 Å². The zero-order chi connectivity index (χ0) is 9.46. The lowest BCUT2D eigenvalue weighted by Gasteiger charge is -2.06. The average molecular weight is 170 g/mol. The number of rotatable bonds is 0. The molecule has 0 amide bonds. The van der Waals surface area contributed by atoms with Crippen molar-refractivity contribution in [2.24, 2.45) is 7.05 Å². The van der Waals surface area contributed by atoms with E-state index in [0.717, 1.165) is 9.24 Å². The number of aromatic nitrogens is 2. The van der Waals surface area contributed by atoms with Crippen LogP contribution in [0.2, 0.25) is 0 Å². The summed E-state index contributed by atoms with van der Waals surface area (Å²) in [6, 6.07) is 0. The van der Waals surface area contributed by atoms with Crippen LogP contribution in [0.5, 0.6) is 0 Å². The van der Waals surface area contributed by atoms with Gasteiger partial charge in [0, 0.05) is 7.05 Å². The highest BCUT2D eigenvalue weighted by molar-refractivity contribution is 5.37. The monoisotopic (exact) mass is 170 g/mol. The van der Waals surface area contributed by atoms with Crippen molar-refractivity contribution in [2.75, 3.05) is 11.6 Å². The molecule has 4 N–H and O–H groups in total. The minimum Gasteiger partial charge on any atom is -0.383 e. The Morgan fingerprint density at radius 2 is 1.83 bits per heavy atom. The number of nitrogens with two attached hydrogens (primary N) is 2. The highest BCUT2D eigenvalue weighted by Gasteiger charge is 2.08. The van der Waals surface area contributed by atoms with Crippen LogP contribution in [0.1, 0.15) is 5.56 Å². The van der Waals surface area contributed by atoms with Crippen molar-refractivity contribution in [1.82, 2.24) is 9.24 Å². The fourth-order valence-electron chi connectivity index (χ4n) is 0.893. The molecule has 0 saturated heterocycles. The Kier molecular flexibility index (Phi) is 1.68. The van der Waals surface area contributed by atoms with Gasteiger partial charge >= 0.3 is 5.69 Å². The summed E-state index contributed by atoms with van der Waals surface area (Å²) in [5, 5.41) is 0. The third-order valence-electron chi connectivity index (χ3n) is 1.76. The first-order valence-corrected chi connectivity index (χ1v) is 3.30. The summed E-state index contributed by atoms with van der Waals surface area (Å²) in [6.07, 6.45) is 0. The Bertz CT molecular complexity index is 391. The normalized spacial score (nSPS) is 10.2. The molecule has 1 aromatic rings. The largest absolute Gasteiger partial charge is 0.383 e. The Hall–Kier alpha value is -1.72. The van der Waals surface area contributed by atoms with E-state index in [1.807, 2.05) is 0 Å². The molecule has 1 aromatic heterocycles. The molecule has 0 radical (unpaired) electrons. The fraction of sp³-hybridized carbons (Fsp3) is 0.333. The van der Waals surface area contributed by atoms with Crippen LogP contribution in [0.4, 0.5) is 5.82 Å². The second-order valence-electron chi connectivity index (χ2n) is 2.53. The molecule has 0 aliphatic heterocycles. The maximum absolute atomic E-state index is 11.2. The molecule has 6 nitrogen and oxygen atoms in total. The SMILES string of the molecule is Cc1c(N)n(N)c(=O)n(C)c1=O. The zero-order valence-corrected chi connectivity index (χ0v) is 6.87. The van der Waals surface area contributed by atoms with Crippen LogP contribution in [0.3, 0.4) is 0 Å². The molecule has 0 spiro atoms. The number of hydrogen-bond acceptors (Lipinski definition) is 4. The van der Waals surface area contributed by atoms with E-state index < -0.39 is 11.2 Å². The lowest BCUT2D eigenvalue weighted by Crippen LogP contribution is -2.43. The number of hydrogen-bond donors (Lipinski definition) is 2. The summed E-state index contributed by atoms with van der Waals surface area (Å²) >= 11 is 0. The van der Waals surface area contributed by atoms with E-state index in [4.69, 9.17) is 11.6 Å². The van der Waals surface area contributed by atoms with E-state index in [1.165, 1.54) is 14.0 Å². The first-order valence-electron chi connectivity index (χ1n) is 3.30. The third-order valence-corrected chi connectivity index (χ3v) is 1.76. The van der Waals surface area contributed by atoms with Crippen molar-refractivity contribution in [3.63, 3.8) is 0 Å². The third kappa shape index (κ3) is 0.884. The number of nitrogens with zero attached hydrogens (tertiary/aromatic N) is 2. The standard InChI is InChI=1S/C6H10N4O2/c1-3-4(7)10(8)6(12)9(2)5(3)11/h7-8H2,1-2H3. The molecule has 0 aliphatic rings. The van der Waals surface area contributed by atoms with Crippen molar-refractivity contribution in [3.8, 4) is 0 Å². The van der Waals surface area contributed by atoms with E-state index in [-0.39, 0.29) is 11.4 Å². The maximum Gasteiger partial charge on any atom is 0.350 e. The van der Waals surface area contributed by atoms with Crippen LogP contribution < -0.4 is 22.8 Å². The average Bonchev–Trinajstić information content (AvgIpc) is 2.08. The van der Waals surface area contributed by atoms with Gasteiger partial charge in [-0.1, -0.05) is 0 Å². The second kappa shape index (κ2) is 2.40. The Morgan fingerprint density at radius 1 is 1.33 bits per heavy atom. The molecule has 66 valence electrons. The van der Waals surface area contributed by atoms with Crippen molar-refractivity contribution in [1.29, 1.82) is 0 Å². The molecule has 0 atom stereocenters. The van der Waals surface area contributed by atoms with Gasteiger partial charge in [0.1, 0.15) is 5.82 Å². The molecule has 0 unspecified atom stereocenters. The van der Waals surface area contributed by atoms with E-state index in [2.05, 4.69) is 0 Å². The molecule has 12 heavy (non-hydrogen) atoms. The molecule has 1 heterocycles. The molecule has 0 fully saturated rings. The number of anilines is 1. The summed E-state index contributed by atoms with van der Waals surface area (Å²) in [6.45, 7) is 1.51. The predicted octanol–water partition coefficient (Wildman–Crippen LogP) is -1.85. The maximum atomic E-state index is 11.2. The van der Waals surface area contributed by atoms with Gasteiger partial charge in [0.05, 0.1) is 5.56 Å². The number of nitrogen functional groups attached to an aromatic ring is 2. The first-order chi connectivity index (χ1) is 5.46. The van der Waals surface area contributed by atoms with Crippen LogP contribution in [0.15, 0.2) is 9.59 Å². The van der Waals surface area contributed by atoms with E-state index >= 15 is 0 Å². The van der Waals surface area contributed by atoms with Gasteiger partial charge in [-0.15, -0.1) is 0 Å². The van der Waals surface area contributed by atoms with Crippen LogP contribution in [0.25, 0.3) is 0 Å². The van der Waals surface area contributed by atoms with Crippen LogP contribution in [-0.4, -0.2) is 9.24 Å².